The Bertz CT molecular complexity index is 698. The Hall–Kier alpha value is -2.63. The van der Waals surface area contributed by atoms with Gasteiger partial charge in [0, 0.05) is 12.4 Å². The molecule has 0 saturated carbocycles. The van der Waals surface area contributed by atoms with Crippen LogP contribution in [0.3, 0.4) is 0 Å². The van der Waals surface area contributed by atoms with E-state index in [2.05, 4.69) is 20.4 Å². The minimum Gasteiger partial charge on any atom is -0.357 e. The molecule has 90 valence electrons. The number of nitrogens with zero attached hydrogens (tertiary/aromatic N) is 3. The summed E-state index contributed by atoms with van der Waals surface area (Å²) in [4.78, 5) is 18.8. The van der Waals surface area contributed by atoms with Crippen molar-refractivity contribution in [3.8, 4) is 0 Å². The second-order valence-electron chi connectivity index (χ2n) is 3.98. The third-order valence-corrected chi connectivity index (χ3v) is 2.55. The van der Waals surface area contributed by atoms with Crippen molar-refractivity contribution in [3.63, 3.8) is 0 Å². The Labute approximate surface area is 103 Å². The lowest BCUT2D eigenvalue weighted by Gasteiger charge is -1.96. The van der Waals surface area contributed by atoms with Crippen LogP contribution in [0, 0.1) is 6.92 Å². The van der Waals surface area contributed by atoms with E-state index in [0.29, 0.717) is 17.3 Å². The number of aromatic amines is 1. The molecule has 1 amide bonds. The van der Waals surface area contributed by atoms with Crippen molar-refractivity contribution < 1.29 is 4.79 Å². The van der Waals surface area contributed by atoms with Gasteiger partial charge in [0.1, 0.15) is 5.69 Å². The number of H-pyrrole nitrogens is 1. The molecule has 0 aliphatic rings. The van der Waals surface area contributed by atoms with Gasteiger partial charge in [-0.15, -0.1) is 5.10 Å². The molecule has 0 spiro atoms. The molecule has 3 aromatic heterocycles. The summed E-state index contributed by atoms with van der Waals surface area (Å²) in [6.07, 6.45) is 3.54. The van der Waals surface area contributed by atoms with Crippen molar-refractivity contribution in [2.24, 2.45) is 0 Å². The average Bonchev–Trinajstić information content (AvgIpc) is 2.95. The fraction of sp³-hybridized carbons (Fsp3) is 0.0833. The van der Waals surface area contributed by atoms with Crippen LogP contribution in [0.25, 0.3) is 5.65 Å². The van der Waals surface area contributed by atoms with Crippen LogP contribution < -0.4 is 5.32 Å². The number of hydrogen-bond acceptors (Lipinski definition) is 3. The zero-order chi connectivity index (χ0) is 12.5. The monoisotopic (exact) mass is 241 g/mol. The number of carbonyl (C=O) groups is 1. The molecule has 0 fully saturated rings. The van der Waals surface area contributed by atoms with Gasteiger partial charge < -0.3 is 4.98 Å². The fourth-order valence-corrected chi connectivity index (χ4v) is 1.68. The van der Waals surface area contributed by atoms with Gasteiger partial charge >= 0.3 is 0 Å². The first-order valence-electron chi connectivity index (χ1n) is 5.50. The molecule has 2 N–H and O–H groups in total. The second-order valence-corrected chi connectivity index (χ2v) is 3.98. The van der Waals surface area contributed by atoms with E-state index in [1.54, 1.807) is 22.8 Å². The number of aryl methyl sites for hydroxylation is 1. The van der Waals surface area contributed by atoms with Crippen LogP contribution in [0.1, 0.15) is 16.1 Å². The van der Waals surface area contributed by atoms with E-state index < -0.39 is 0 Å². The third-order valence-electron chi connectivity index (χ3n) is 2.55. The number of hydrogen-bond donors (Lipinski definition) is 2. The molecule has 18 heavy (non-hydrogen) atoms. The van der Waals surface area contributed by atoms with Gasteiger partial charge in [0.25, 0.3) is 5.91 Å². The van der Waals surface area contributed by atoms with E-state index in [0.717, 1.165) is 5.56 Å². The van der Waals surface area contributed by atoms with Gasteiger partial charge in [0.05, 0.1) is 0 Å². The lowest BCUT2D eigenvalue weighted by molar-refractivity contribution is 0.102. The molecule has 3 heterocycles. The number of amides is 1. The Morgan fingerprint density at radius 2 is 2.28 bits per heavy atom. The molecule has 6 nitrogen and oxygen atoms in total. The smallest absolute Gasteiger partial charge is 0.274 e. The van der Waals surface area contributed by atoms with Crippen molar-refractivity contribution in [2.45, 2.75) is 6.92 Å². The summed E-state index contributed by atoms with van der Waals surface area (Å²) >= 11 is 0. The third kappa shape index (κ3) is 1.84. The van der Waals surface area contributed by atoms with E-state index >= 15 is 0 Å². The summed E-state index contributed by atoms with van der Waals surface area (Å²) in [5.74, 6) is 0.0350. The summed E-state index contributed by atoms with van der Waals surface area (Å²) in [6, 6.07) is 7.25. The second kappa shape index (κ2) is 3.99. The molecular weight excluding hydrogens is 230 g/mol. The molecule has 0 aliphatic carbocycles. The quantitative estimate of drug-likeness (QED) is 0.715. The maximum Gasteiger partial charge on any atom is 0.274 e. The summed E-state index contributed by atoms with van der Waals surface area (Å²) in [6.45, 7) is 1.97. The number of nitrogens with one attached hydrogen (secondary N) is 2. The topological polar surface area (TPSA) is 75.1 Å². The number of fused-ring (bicyclic) bond motifs is 1. The van der Waals surface area contributed by atoms with Crippen LogP contribution in [0.5, 0.6) is 0 Å². The highest BCUT2D eigenvalue weighted by Gasteiger charge is 2.10. The maximum absolute atomic E-state index is 11.8. The number of aromatic nitrogens is 4. The minimum absolute atomic E-state index is 0.257. The van der Waals surface area contributed by atoms with Gasteiger partial charge in [-0.1, -0.05) is 6.07 Å². The van der Waals surface area contributed by atoms with E-state index in [1.807, 2.05) is 25.3 Å². The van der Waals surface area contributed by atoms with Crippen molar-refractivity contribution in [3.05, 3.63) is 47.9 Å². The summed E-state index contributed by atoms with van der Waals surface area (Å²) in [7, 11) is 0. The Balaban J connectivity index is 1.89. The van der Waals surface area contributed by atoms with E-state index in [4.69, 9.17) is 0 Å². The van der Waals surface area contributed by atoms with Gasteiger partial charge in [-0.2, -0.15) is 4.98 Å². The van der Waals surface area contributed by atoms with E-state index in [1.165, 1.54) is 0 Å². The van der Waals surface area contributed by atoms with E-state index in [-0.39, 0.29) is 5.91 Å². The first-order chi connectivity index (χ1) is 8.72. The number of rotatable bonds is 2. The van der Waals surface area contributed by atoms with Gasteiger partial charge in [0.2, 0.25) is 5.95 Å². The summed E-state index contributed by atoms with van der Waals surface area (Å²) in [5.41, 5.74) is 2.25. The SMILES string of the molecule is Cc1ccc2nc(NC(=O)c3ccc[nH]3)nn2c1. The number of carbonyl (C=O) groups excluding carboxylic acids is 1. The van der Waals surface area contributed by atoms with Crippen LogP contribution >= 0.6 is 0 Å². The van der Waals surface area contributed by atoms with Crippen LogP contribution in [0.2, 0.25) is 0 Å². The molecule has 0 aliphatic heterocycles. The van der Waals surface area contributed by atoms with Crippen LogP contribution in [0.15, 0.2) is 36.7 Å². The van der Waals surface area contributed by atoms with Gasteiger partial charge in [-0.25, -0.2) is 4.52 Å². The number of pyridine rings is 1. The Morgan fingerprint density at radius 1 is 1.39 bits per heavy atom. The zero-order valence-corrected chi connectivity index (χ0v) is 9.71. The lowest BCUT2D eigenvalue weighted by Crippen LogP contribution is -2.13. The summed E-state index contributed by atoms with van der Waals surface area (Å²) in [5, 5.41) is 6.82. The Kier molecular flexibility index (Phi) is 2.33. The van der Waals surface area contributed by atoms with Crippen LogP contribution in [0.4, 0.5) is 5.95 Å². The van der Waals surface area contributed by atoms with Crippen LogP contribution in [-0.4, -0.2) is 25.5 Å². The molecule has 0 unspecified atom stereocenters. The minimum atomic E-state index is -0.257. The van der Waals surface area contributed by atoms with E-state index in [9.17, 15) is 4.79 Å². The predicted molar refractivity (Wildman–Crippen MR) is 66.5 cm³/mol. The molecule has 0 atom stereocenters. The largest absolute Gasteiger partial charge is 0.357 e. The van der Waals surface area contributed by atoms with Gasteiger partial charge in [-0.05, 0) is 30.7 Å². The highest BCUT2D eigenvalue weighted by atomic mass is 16.2. The molecule has 0 saturated heterocycles. The van der Waals surface area contributed by atoms with Crippen molar-refractivity contribution >= 4 is 17.5 Å². The molecule has 0 radical (unpaired) electrons. The first kappa shape index (κ1) is 10.5. The van der Waals surface area contributed by atoms with Gasteiger partial charge in [0.15, 0.2) is 5.65 Å². The standard InChI is InChI=1S/C12H11N5O/c1-8-4-5-10-14-12(16-17(10)7-8)15-11(18)9-3-2-6-13-9/h2-7,13H,1H3,(H,15,16,18). The molecule has 6 heteroatoms. The zero-order valence-electron chi connectivity index (χ0n) is 9.71. The highest BCUT2D eigenvalue weighted by Crippen LogP contribution is 2.08. The Morgan fingerprint density at radius 3 is 3.06 bits per heavy atom. The molecule has 3 aromatic rings. The molecule has 0 bridgehead atoms. The summed E-state index contributed by atoms with van der Waals surface area (Å²) < 4.78 is 1.64. The number of anilines is 1. The van der Waals surface area contributed by atoms with Crippen molar-refractivity contribution in [1.29, 1.82) is 0 Å². The first-order valence-corrected chi connectivity index (χ1v) is 5.50. The molecular formula is C12H11N5O. The van der Waals surface area contributed by atoms with Gasteiger partial charge in [-0.3, -0.25) is 10.1 Å². The van der Waals surface area contributed by atoms with Crippen molar-refractivity contribution in [2.75, 3.05) is 5.32 Å². The lowest BCUT2D eigenvalue weighted by atomic mass is 10.3. The van der Waals surface area contributed by atoms with Crippen molar-refractivity contribution in [1.82, 2.24) is 19.6 Å². The predicted octanol–water partition coefficient (Wildman–Crippen LogP) is 1.62. The highest BCUT2D eigenvalue weighted by molar-refractivity contribution is 6.01. The normalized spacial score (nSPS) is 10.7. The fourth-order valence-electron chi connectivity index (χ4n) is 1.68. The molecule has 3 rings (SSSR count). The van der Waals surface area contributed by atoms with Crippen LogP contribution in [-0.2, 0) is 0 Å². The maximum atomic E-state index is 11.8. The molecule has 0 aromatic carbocycles. The average molecular weight is 241 g/mol.